The van der Waals surface area contributed by atoms with E-state index in [0.29, 0.717) is 6.42 Å². The van der Waals surface area contributed by atoms with Crippen molar-refractivity contribution in [3.63, 3.8) is 0 Å². The maximum Gasteiger partial charge on any atom is 0.405 e. The number of nitrogens with zero attached hydrogens (tertiary/aromatic N) is 2. The Morgan fingerprint density at radius 2 is 2.18 bits per heavy atom. The molecule has 96 valence electrons. The number of rotatable bonds is 4. The molecular formula is C9H13F3N4O. The molecule has 0 spiro atoms. The molecule has 1 aromatic rings. The number of carbonyl (C=O) groups is 1. The van der Waals surface area contributed by atoms with Gasteiger partial charge in [0.25, 0.3) is 0 Å². The van der Waals surface area contributed by atoms with Crippen molar-refractivity contribution >= 4 is 6.03 Å². The first-order valence-corrected chi connectivity index (χ1v) is 4.93. The Morgan fingerprint density at radius 3 is 2.71 bits per heavy atom. The molecule has 0 unspecified atom stereocenters. The first-order valence-electron chi connectivity index (χ1n) is 4.93. The Balaban J connectivity index is 2.16. The predicted molar refractivity (Wildman–Crippen MR) is 54.4 cm³/mol. The highest BCUT2D eigenvalue weighted by atomic mass is 19.4. The Morgan fingerprint density at radius 1 is 1.47 bits per heavy atom. The van der Waals surface area contributed by atoms with Crippen LogP contribution in [0.3, 0.4) is 0 Å². The molecule has 1 aromatic heterocycles. The van der Waals surface area contributed by atoms with Crippen molar-refractivity contribution in [2.24, 2.45) is 7.05 Å². The van der Waals surface area contributed by atoms with E-state index in [-0.39, 0.29) is 6.54 Å². The largest absolute Gasteiger partial charge is 0.405 e. The van der Waals surface area contributed by atoms with Crippen LogP contribution < -0.4 is 10.6 Å². The summed E-state index contributed by atoms with van der Waals surface area (Å²) in [6.07, 6.45) is -0.460. The molecular weight excluding hydrogens is 237 g/mol. The van der Waals surface area contributed by atoms with Crippen molar-refractivity contribution in [3.8, 4) is 0 Å². The average molecular weight is 250 g/mol. The number of hydrogen-bond donors (Lipinski definition) is 2. The standard InChI is InChI=1S/C9H13F3N4O/c1-16-5-7(4-15-16)2-3-13-8(17)14-6-9(10,11)12/h4-5H,2-3,6H2,1H3,(H2,13,14,17). The van der Waals surface area contributed by atoms with Gasteiger partial charge in [-0.2, -0.15) is 18.3 Å². The van der Waals surface area contributed by atoms with Gasteiger partial charge in [-0.1, -0.05) is 0 Å². The minimum atomic E-state index is -4.39. The van der Waals surface area contributed by atoms with Crippen molar-refractivity contribution in [3.05, 3.63) is 18.0 Å². The van der Waals surface area contributed by atoms with Crippen LogP contribution in [-0.2, 0) is 13.5 Å². The van der Waals surface area contributed by atoms with E-state index in [0.717, 1.165) is 5.56 Å². The van der Waals surface area contributed by atoms with Gasteiger partial charge in [0.2, 0.25) is 0 Å². The molecule has 0 aliphatic rings. The molecule has 0 radical (unpaired) electrons. The first-order chi connectivity index (χ1) is 7.87. The van der Waals surface area contributed by atoms with Crippen molar-refractivity contribution in [2.75, 3.05) is 13.1 Å². The van der Waals surface area contributed by atoms with Gasteiger partial charge in [-0.3, -0.25) is 4.68 Å². The highest BCUT2D eigenvalue weighted by Crippen LogP contribution is 2.11. The number of aromatic nitrogens is 2. The summed E-state index contributed by atoms with van der Waals surface area (Å²) in [5.41, 5.74) is 0.906. The second-order valence-corrected chi connectivity index (χ2v) is 3.50. The summed E-state index contributed by atoms with van der Waals surface area (Å²) in [7, 11) is 1.76. The van der Waals surface area contributed by atoms with Crippen LogP contribution in [-0.4, -0.2) is 35.1 Å². The van der Waals surface area contributed by atoms with E-state index >= 15 is 0 Å². The third-order valence-corrected chi connectivity index (χ3v) is 1.91. The van der Waals surface area contributed by atoms with Gasteiger partial charge in [0, 0.05) is 19.8 Å². The molecule has 17 heavy (non-hydrogen) atoms. The van der Waals surface area contributed by atoms with Gasteiger partial charge in [-0.05, 0) is 12.0 Å². The number of nitrogens with one attached hydrogen (secondary N) is 2. The second-order valence-electron chi connectivity index (χ2n) is 3.50. The summed E-state index contributed by atoms with van der Waals surface area (Å²) in [6, 6.07) is -0.828. The quantitative estimate of drug-likeness (QED) is 0.831. The van der Waals surface area contributed by atoms with E-state index in [4.69, 9.17) is 0 Å². The van der Waals surface area contributed by atoms with Crippen molar-refractivity contribution in [2.45, 2.75) is 12.6 Å². The van der Waals surface area contributed by atoms with Crippen LogP contribution in [0.2, 0.25) is 0 Å². The summed E-state index contributed by atoms with van der Waals surface area (Å²) < 4.78 is 36.9. The minimum absolute atomic E-state index is 0.259. The number of aryl methyl sites for hydroxylation is 1. The monoisotopic (exact) mass is 250 g/mol. The van der Waals surface area contributed by atoms with Gasteiger partial charge in [-0.25, -0.2) is 4.79 Å². The zero-order chi connectivity index (χ0) is 12.9. The topological polar surface area (TPSA) is 59.0 Å². The molecule has 2 amide bonds. The van der Waals surface area contributed by atoms with Gasteiger partial charge in [-0.15, -0.1) is 0 Å². The third kappa shape index (κ3) is 5.79. The summed E-state index contributed by atoms with van der Waals surface area (Å²) in [4.78, 5) is 10.9. The van der Waals surface area contributed by atoms with E-state index in [1.807, 2.05) is 0 Å². The van der Waals surface area contributed by atoms with E-state index in [1.165, 1.54) is 0 Å². The van der Waals surface area contributed by atoms with Crippen LogP contribution in [0.15, 0.2) is 12.4 Å². The maximum absolute atomic E-state index is 11.8. The van der Waals surface area contributed by atoms with Crippen LogP contribution in [0.1, 0.15) is 5.56 Å². The average Bonchev–Trinajstić information content (AvgIpc) is 2.60. The molecule has 0 fully saturated rings. The fraction of sp³-hybridized carbons (Fsp3) is 0.556. The number of amides is 2. The fourth-order valence-electron chi connectivity index (χ4n) is 1.16. The molecule has 0 saturated heterocycles. The molecule has 8 heteroatoms. The number of urea groups is 1. The Labute approximate surface area is 96.0 Å². The molecule has 1 rings (SSSR count). The predicted octanol–water partition coefficient (Wildman–Crippen LogP) is 0.824. The van der Waals surface area contributed by atoms with Gasteiger partial charge >= 0.3 is 12.2 Å². The number of hydrogen-bond acceptors (Lipinski definition) is 2. The third-order valence-electron chi connectivity index (χ3n) is 1.91. The van der Waals surface area contributed by atoms with Crippen molar-refractivity contribution in [1.29, 1.82) is 0 Å². The normalized spacial score (nSPS) is 11.3. The number of alkyl halides is 3. The van der Waals surface area contributed by atoms with E-state index < -0.39 is 18.8 Å². The lowest BCUT2D eigenvalue weighted by atomic mass is 10.2. The second kappa shape index (κ2) is 5.55. The molecule has 0 bridgehead atoms. The first kappa shape index (κ1) is 13.3. The zero-order valence-electron chi connectivity index (χ0n) is 9.21. The lowest BCUT2D eigenvalue weighted by Crippen LogP contribution is -2.41. The molecule has 0 aliphatic heterocycles. The zero-order valence-corrected chi connectivity index (χ0v) is 9.21. The molecule has 0 atom stereocenters. The van der Waals surface area contributed by atoms with E-state index in [1.54, 1.807) is 29.4 Å². The minimum Gasteiger partial charge on any atom is -0.338 e. The smallest absolute Gasteiger partial charge is 0.338 e. The summed E-state index contributed by atoms with van der Waals surface area (Å²) >= 11 is 0. The van der Waals surface area contributed by atoms with Crippen molar-refractivity contribution in [1.82, 2.24) is 20.4 Å². The SMILES string of the molecule is Cn1cc(CCNC(=O)NCC(F)(F)F)cn1. The van der Waals surface area contributed by atoms with Crippen LogP contribution in [0.4, 0.5) is 18.0 Å². The Hall–Kier alpha value is -1.73. The molecule has 2 N–H and O–H groups in total. The van der Waals surface area contributed by atoms with Gasteiger partial charge in [0.15, 0.2) is 0 Å². The highest BCUT2D eigenvalue weighted by Gasteiger charge is 2.27. The molecule has 0 aromatic carbocycles. The van der Waals surface area contributed by atoms with Crippen LogP contribution in [0.5, 0.6) is 0 Å². The highest BCUT2D eigenvalue weighted by molar-refractivity contribution is 5.73. The maximum atomic E-state index is 11.8. The number of carbonyl (C=O) groups excluding carboxylic acids is 1. The van der Waals surface area contributed by atoms with Crippen LogP contribution in [0, 0.1) is 0 Å². The van der Waals surface area contributed by atoms with Crippen molar-refractivity contribution < 1.29 is 18.0 Å². The molecule has 0 saturated carbocycles. The molecule has 5 nitrogen and oxygen atoms in total. The fourth-order valence-corrected chi connectivity index (χ4v) is 1.16. The lowest BCUT2D eigenvalue weighted by molar-refractivity contribution is -0.122. The van der Waals surface area contributed by atoms with Gasteiger partial charge < -0.3 is 10.6 Å². The number of halogens is 3. The van der Waals surface area contributed by atoms with Crippen LogP contribution >= 0.6 is 0 Å². The molecule has 0 aliphatic carbocycles. The lowest BCUT2D eigenvalue weighted by Gasteiger charge is -2.09. The summed E-state index contributed by atoms with van der Waals surface area (Å²) in [6.45, 7) is -1.07. The van der Waals surface area contributed by atoms with E-state index in [9.17, 15) is 18.0 Å². The van der Waals surface area contributed by atoms with Gasteiger partial charge in [0.05, 0.1) is 6.20 Å². The Bertz CT molecular complexity index is 375. The Kier molecular flexibility index (Phi) is 4.36. The summed E-state index contributed by atoms with van der Waals surface area (Å²) in [5, 5.41) is 7.97. The van der Waals surface area contributed by atoms with Crippen LogP contribution in [0.25, 0.3) is 0 Å². The van der Waals surface area contributed by atoms with Gasteiger partial charge in [0.1, 0.15) is 6.54 Å². The van der Waals surface area contributed by atoms with E-state index in [2.05, 4.69) is 10.4 Å². The summed E-state index contributed by atoms with van der Waals surface area (Å²) in [5.74, 6) is 0. The molecule has 1 heterocycles.